The van der Waals surface area contributed by atoms with Crippen molar-refractivity contribution in [2.45, 2.75) is 33.9 Å². The SMILES string of the molecule is C=C(/C(=C\C(=C)C(F)(F)F)OC)/C(C)=N/N=C\C.CC. The topological polar surface area (TPSA) is 34.0 Å². The second kappa shape index (κ2) is 10.00. The Morgan fingerprint density at radius 1 is 1.20 bits per heavy atom. The van der Waals surface area contributed by atoms with Crippen LogP contribution in [0, 0.1) is 0 Å². The smallest absolute Gasteiger partial charge is 0.415 e. The van der Waals surface area contributed by atoms with Gasteiger partial charge in [0.15, 0.2) is 0 Å². The predicted molar refractivity (Wildman–Crippen MR) is 78.1 cm³/mol. The minimum atomic E-state index is -4.50. The van der Waals surface area contributed by atoms with Crippen molar-refractivity contribution in [1.29, 1.82) is 0 Å². The fraction of sp³-hybridized carbons (Fsp3) is 0.429. The minimum absolute atomic E-state index is 0.0510. The van der Waals surface area contributed by atoms with Crippen LogP contribution < -0.4 is 0 Å². The van der Waals surface area contributed by atoms with Gasteiger partial charge in [0.25, 0.3) is 0 Å². The maximum Gasteiger partial charge on any atom is 0.415 e. The molecule has 0 aliphatic carbocycles. The van der Waals surface area contributed by atoms with Crippen molar-refractivity contribution in [3.05, 3.63) is 36.1 Å². The molecule has 0 fully saturated rings. The lowest BCUT2D eigenvalue weighted by Gasteiger charge is -2.11. The highest BCUT2D eigenvalue weighted by molar-refractivity contribution is 6.01. The number of halogens is 3. The highest BCUT2D eigenvalue weighted by atomic mass is 19.4. The molecular weight excluding hydrogens is 269 g/mol. The third kappa shape index (κ3) is 7.56. The van der Waals surface area contributed by atoms with Gasteiger partial charge in [-0.05, 0) is 19.9 Å². The van der Waals surface area contributed by atoms with Crippen LogP contribution in [0.2, 0.25) is 0 Å². The van der Waals surface area contributed by atoms with E-state index in [1.165, 1.54) is 13.3 Å². The number of methoxy groups -OCH3 is 1. The van der Waals surface area contributed by atoms with Gasteiger partial charge in [-0.25, -0.2) is 0 Å². The number of nitrogens with zero attached hydrogens (tertiary/aromatic N) is 2. The van der Waals surface area contributed by atoms with Gasteiger partial charge in [-0.15, -0.1) is 0 Å². The zero-order chi connectivity index (χ0) is 16.3. The highest BCUT2D eigenvalue weighted by Gasteiger charge is 2.31. The van der Waals surface area contributed by atoms with Gasteiger partial charge in [-0.3, -0.25) is 0 Å². The van der Waals surface area contributed by atoms with Crippen molar-refractivity contribution in [1.82, 2.24) is 0 Å². The Morgan fingerprint density at radius 2 is 1.70 bits per heavy atom. The van der Waals surface area contributed by atoms with Gasteiger partial charge < -0.3 is 4.74 Å². The fourth-order valence-corrected chi connectivity index (χ4v) is 0.892. The molecule has 0 radical (unpaired) electrons. The summed E-state index contributed by atoms with van der Waals surface area (Å²) in [7, 11) is 1.25. The summed E-state index contributed by atoms with van der Waals surface area (Å²) in [5.41, 5.74) is -0.447. The summed E-state index contributed by atoms with van der Waals surface area (Å²) in [4.78, 5) is 0. The van der Waals surface area contributed by atoms with Crippen molar-refractivity contribution >= 4 is 11.9 Å². The van der Waals surface area contributed by atoms with Crippen LogP contribution in [-0.4, -0.2) is 25.2 Å². The van der Waals surface area contributed by atoms with Gasteiger partial charge in [0, 0.05) is 11.8 Å². The zero-order valence-corrected chi connectivity index (χ0v) is 12.5. The van der Waals surface area contributed by atoms with E-state index in [0.29, 0.717) is 5.71 Å². The summed E-state index contributed by atoms with van der Waals surface area (Å²) in [5, 5.41) is 7.35. The van der Waals surface area contributed by atoms with E-state index in [0.717, 1.165) is 6.08 Å². The summed E-state index contributed by atoms with van der Waals surface area (Å²) in [5.74, 6) is -0.0510. The van der Waals surface area contributed by atoms with Crippen LogP contribution in [0.5, 0.6) is 0 Å². The molecule has 0 heterocycles. The summed E-state index contributed by atoms with van der Waals surface area (Å²) >= 11 is 0. The standard InChI is InChI=1S/C12H15F3N2O.C2H6/c1-6-16-17-10(4)9(3)11(18-5)7-8(2)12(13,14)15;1-2/h6-7H,2-3H2,1,4-5H3;1-2H3/b11-7+,16-6-,17-10+;. The molecule has 0 saturated carbocycles. The van der Waals surface area contributed by atoms with Gasteiger partial charge in [-0.1, -0.05) is 27.0 Å². The van der Waals surface area contributed by atoms with Crippen molar-refractivity contribution < 1.29 is 17.9 Å². The van der Waals surface area contributed by atoms with Crippen LogP contribution >= 0.6 is 0 Å². The lowest BCUT2D eigenvalue weighted by molar-refractivity contribution is -0.0880. The van der Waals surface area contributed by atoms with E-state index >= 15 is 0 Å². The van der Waals surface area contributed by atoms with E-state index in [1.807, 2.05) is 13.8 Å². The maximum absolute atomic E-state index is 12.3. The molecule has 114 valence electrons. The monoisotopic (exact) mass is 290 g/mol. The Labute approximate surface area is 118 Å². The average molecular weight is 290 g/mol. The van der Waals surface area contributed by atoms with E-state index < -0.39 is 11.7 Å². The molecule has 6 heteroatoms. The number of hydrogen-bond donors (Lipinski definition) is 0. The number of rotatable bonds is 5. The molecule has 0 aliphatic rings. The van der Waals surface area contributed by atoms with Crippen molar-refractivity contribution in [2.24, 2.45) is 10.2 Å². The quantitative estimate of drug-likeness (QED) is 0.313. The third-order valence-corrected chi connectivity index (χ3v) is 1.95. The van der Waals surface area contributed by atoms with Gasteiger partial charge in [0.2, 0.25) is 0 Å². The number of allylic oxidation sites excluding steroid dienone is 3. The summed E-state index contributed by atoms with van der Waals surface area (Å²) in [6, 6.07) is 0. The average Bonchev–Trinajstić information content (AvgIpc) is 2.42. The minimum Gasteiger partial charge on any atom is -0.496 e. The van der Waals surface area contributed by atoms with Crippen LogP contribution in [0.4, 0.5) is 13.2 Å². The number of ether oxygens (including phenoxy) is 1. The second-order valence-corrected chi connectivity index (χ2v) is 3.27. The Kier molecular flexibility index (Phi) is 10.2. The lowest BCUT2D eigenvalue weighted by Crippen LogP contribution is -2.11. The van der Waals surface area contributed by atoms with Crippen molar-refractivity contribution in [3.8, 4) is 0 Å². The van der Waals surface area contributed by atoms with Gasteiger partial charge in [0.05, 0.1) is 18.4 Å². The molecule has 0 atom stereocenters. The van der Waals surface area contributed by atoms with Crippen LogP contribution in [0.15, 0.2) is 46.3 Å². The molecule has 0 bridgehead atoms. The Hall–Kier alpha value is -1.85. The van der Waals surface area contributed by atoms with Crippen LogP contribution in [0.1, 0.15) is 27.7 Å². The van der Waals surface area contributed by atoms with E-state index in [4.69, 9.17) is 4.74 Å². The molecule has 0 spiro atoms. The summed E-state index contributed by atoms with van der Waals surface area (Å²) in [6.45, 7) is 13.8. The van der Waals surface area contributed by atoms with E-state index in [1.54, 1.807) is 13.8 Å². The summed E-state index contributed by atoms with van der Waals surface area (Å²) in [6.07, 6.45) is -2.28. The van der Waals surface area contributed by atoms with E-state index in [2.05, 4.69) is 23.4 Å². The molecule has 3 nitrogen and oxygen atoms in total. The molecule has 0 aliphatic heterocycles. The Bertz CT molecular complexity index is 419. The molecule has 20 heavy (non-hydrogen) atoms. The Morgan fingerprint density at radius 3 is 2.05 bits per heavy atom. The first kappa shape index (κ1) is 20.5. The van der Waals surface area contributed by atoms with Crippen LogP contribution in [0.25, 0.3) is 0 Å². The van der Waals surface area contributed by atoms with Crippen LogP contribution in [0.3, 0.4) is 0 Å². The number of hydrogen-bond acceptors (Lipinski definition) is 3. The molecule has 0 aromatic heterocycles. The van der Waals surface area contributed by atoms with Crippen LogP contribution in [-0.2, 0) is 4.74 Å². The first-order valence-electron chi connectivity index (χ1n) is 5.97. The highest BCUT2D eigenvalue weighted by Crippen LogP contribution is 2.27. The Balaban J connectivity index is 0. The van der Waals surface area contributed by atoms with E-state index in [-0.39, 0.29) is 11.3 Å². The second-order valence-electron chi connectivity index (χ2n) is 3.27. The van der Waals surface area contributed by atoms with Gasteiger partial charge in [0.1, 0.15) is 5.76 Å². The zero-order valence-electron chi connectivity index (χ0n) is 12.5. The molecular formula is C14H21F3N2O. The van der Waals surface area contributed by atoms with Gasteiger partial charge >= 0.3 is 6.18 Å². The lowest BCUT2D eigenvalue weighted by atomic mass is 10.1. The third-order valence-electron chi connectivity index (χ3n) is 1.95. The first-order chi connectivity index (χ1) is 9.23. The molecule has 0 aromatic carbocycles. The molecule has 0 rings (SSSR count). The van der Waals surface area contributed by atoms with Gasteiger partial charge in [-0.2, -0.15) is 23.4 Å². The molecule has 0 amide bonds. The largest absolute Gasteiger partial charge is 0.496 e. The van der Waals surface area contributed by atoms with Crippen molar-refractivity contribution in [3.63, 3.8) is 0 Å². The predicted octanol–water partition coefficient (Wildman–Crippen LogP) is 4.68. The van der Waals surface area contributed by atoms with E-state index in [9.17, 15) is 13.2 Å². The first-order valence-corrected chi connectivity index (χ1v) is 5.97. The molecule has 0 unspecified atom stereocenters. The van der Waals surface area contributed by atoms with Crippen molar-refractivity contribution in [2.75, 3.05) is 7.11 Å². The fourth-order valence-electron chi connectivity index (χ4n) is 0.892. The molecule has 0 aromatic rings. The molecule has 0 N–H and O–H groups in total. The maximum atomic E-state index is 12.3. The normalized spacial score (nSPS) is 12.8. The summed E-state index contributed by atoms with van der Waals surface area (Å²) < 4.78 is 41.8. The number of alkyl halides is 3. The molecule has 0 saturated heterocycles.